The molecule has 3 aliphatic rings. The Kier molecular flexibility index (Phi) is 7.26. The van der Waals surface area contributed by atoms with E-state index < -0.39 is 6.04 Å². The van der Waals surface area contributed by atoms with Crippen LogP contribution in [0.1, 0.15) is 63.7 Å². The Balaban J connectivity index is 1.45. The van der Waals surface area contributed by atoms with Gasteiger partial charge < -0.3 is 31.2 Å². The summed E-state index contributed by atoms with van der Waals surface area (Å²) in [5.41, 5.74) is 12.7. The lowest BCUT2D eigenvalue weighted by atomic mass is 9.70. The molecule has 2 amide bonds. The van der Waals surface area contributed by atoms with Gasteiger partial charge in [-0.05, 0) is 58.1 Å². The van der Waals surface area contributed by atoms with E-state index in [0.29, 0.717) is 32.5 Å². The fourth-order valence-corrected chi connectivity index (χ4v) is 5.84. The minimum Gasteiger partial charge on any atom is -0.487 e. The summed E-state index contributed by atoms with van der Waals surface area (Å²) in [5, 5.41) is 2.82. The highest BCUT2D eigenvalue weighted by molar-refractivity contribution is 5.87. The summed E-state index contributed by atoms with van der Waals surface area (Å²) in [6.45, 7) is 9.42. The smallest absolute Gasteiger partial charge is 0.245 e. The van der Waals surface area contributed by atoms with Gasteiger partial charge in [-0.15, -0.1) is 0 Å². The van der Waals surface area contributed by atoms with Crippen molar-refractivity contribution in [1.82, 2.24) is 10.2 Å². The van der Waals surface area contributed by atoms with E-state index in [1.807, 2.05) is 4.90 Å². The van der Waals surface area contributed by atoms with Crippen LogP contribution in [-0.4, -0.2) is 60.1 Å². The van der Waals surface area contributed by atoms with Crippen LogP contribution in [0.25, 0.3) is 0 Å². The first-order chi connectivity index (χ1) is 16.5. The molecule has 35 heavy (non-hydrogen) atoms. The van der Waals surface area contributed by atoms with Crippen molar-refractivity contribution in [3.63, 3.8) is 0 Å². The van der Waals surface area contributed by atoms with Gasteiger partial charge >= 0.3 is 0 Å². The fourth-order valence-electron chi connectivity index (χ4n) is 5.84. The van der Waals surface area contributed by atoms with Crippen LogP contribution in [0.3, 0.4) is 0 Å². The molecule has 0 aromatic heterocycles. The maximum absolute atomic E-state index is 13.4. The van der Waals surface area contributed by atoms with E-state index in [-0.39, 0.29) is 47.4 Å². The summed E-state index contributed by atoms with van der Waals surface area (Å²) >= 11 is 0. The quantitative estimate of drug-likeness (QED) is 0.321. The average molecular weight is 486 g/mol. The highest BCUT2D eigenvalue weighted by Crippen LogP contribution is 2.53. The number of guanidine groups is 1. The zero-order chi connectivity index (χ0) is 25.3. The number of carbonyl (C=O) groups is 2. The third kappa shape index (κ3) is 5.55. The number of piperidine rings is 1. The first-order valence-corrected chi connectivity index (χ1v) is 12.6. The van der Waals surface area contributed by atoms with Gasteiger partial charge in [-0.1, -0.05) is 12.1 Å². The van der Waals surface area contributed by atoms with Gasteiger partial charge in [0, 0.05) is 44.0 Å². The molecule has 3 aliphatic heterocycles. The number of nitrogens with zero attached hydrogens (tertiary/aromatic N) is 2. The highest BCUT2D eigenvalue weighted by atomic mass is 16.5. The van der Waals surface area contributed by atoms with Crippen molar-refractivity contribution in [2.75, 3.05) is 19.6 Å². The van der Waals surface area contributed by atoms with Gasteiger partial charge in [0.1, 0.15) is 17.4 Å². The van der Waals surface area contributed by atoms with E-state index in [0.717, 1.165) is 24.2 Å². The Labute approximate surface area is 207 Å². The largest absolute Gasteiger partial charge is 0.487 e. The molecule has 0 aliphatic carbocycles. The summed E-state index contributed by atoms with van der Waals surface area (Å²) < 4.78 is 13.2. The van der Waals surface area contributed by atoms with Crippen molar-refractivity contribution in [1.29, 1.82) is 0 Å². The van der Waals surface area contributed by atoms with Crippen LogP contribution in [0.2, 0.25) is 0 Å². The molecule has 9 nitrogen and oxygen atoms in total. The summed E-state index contributed by atoms with van der Waals surface area (Å²) in [4.78, 5) is 31.0. The van der Waals surface area contributed by atoms with Crippen LogP contribution >= 0.6 is 0 Å². The Morgan fingerprint density at radius 3 is 2.80 bits per heavy atom. The number of ether oxygens (including phenoxy) is 2. The normalized spacial score (nSPS) is 27.4. The fraction of sp³-hybridized carbons (Fsp3) is 0.654. The SMILES string of the molecule is CC(=O)N[C@@H](CCCN=C(N)N)C(=O)N1CC[C@@H]2O[C@@H]3c4ccc(C)cc4OC(C)(C)[C@H]3C[C@@H]2C1. The van der Waals surface area contributed by atoms with E-state index in [1.165, 1.54) is 12.5 Å². The molecule has 0 saturated carbocycles. The van der Waals surface area contributed by atoms with Crippen LogP contribution in [-0.2, 0) is 14.3 Å². The number of fused-ring (bicyclic) bond motifs is 4. The number of hydrogen-bond acceptors (Lipinski definition) is 5. The van der Waals surface area contributed by atoms with Crippen LogP contribution in [0.5, 0.6) is 5.75 Å². The number of rotatable bonds is 6. The zero-order valence-corrected chi connectivity index (χ0v) is 21.3. The standard InChI is InChI=1S/C26H39N5O4/c1-15-7-8-18-22(12-15)35-26(3,4)19-13-17-14-31(11-9-21(17)34-23(18)19)24(33)20(30-16(2)32)6-5-10-29-25(27)28/h7-8,12,17,19-21,23H,5-6,9-11,13-14H2,1-4H3,(H,30,32)(H4,27,28,29)/t17-,19+,20+,21+,23-/m1/s1. The van der Waals surface area contributed by atoms with E-state index in [9.17, 15) is 9.59 Å². The number of nitrogens with one attached hydrogen (secondary N) is 1. The van der Waals surface area contributed by atoms with Crippen molar-refractivity contribution in [3.8, 4) is 5.75 Å². The third-order valence-corrected chi connectivity index (χ3v) is 7.58. The predicted molar refractivity (Wildman–Crippen MR) is 134 cm³/mol. The summed E-state index contributed by atoms with van der Waals surface area (Å²) in [6.07, 6.45) is 2.89. The van der Waals surface area contributed by atoms with Gasteiger partial charge in [0.25, 0.3) is 0 Å². The molecule has 192 valence electrons. The number of aliphatic imine (C=N–C) groups is 1. The predicted octanol–water partition coefficient (Wildman–Crippen LogP) is 2.02. The van der Waals surface area contributed by atoms with Crippen LogP contribution < -0.4 is 21.5 Å². The Hall–Kier alpha value is -2.81. The van der Waals surface area contributed by atoms with Crippen molar-refractivity contribution in [3.05, 3.63) is 29.3 Å². The molecule has 1 aromatic carbocycles. The third-order valence-electron chi connectivity index (χ3n) is 7.58. The monoisotopic (exact) mass is 485 g/mol. The molecule has 1 aromatic rings. The second-order valence-electron chi connectivity index (χ2n) is 10.7. The van der Waals surface area contributed by atoms with Gasteiger partial charge in [-0.3, -0.25) is 14.6 Å². The molecule has 9 heteroatoms. The van der Waals surface area contributed by atoms with Crippen LogP contribution in [0, 0.1) is 18.8 Å². The first-order valence-electron chi connectivity index (χ1n) is 12.6. The average Bonchev–Trinajstić information content (AvgIpc) is 2.78. The minimum absolute atomic E-state index is 0.000478. The number of amides is 2. The van der Waals surface area contributed by atoms with Crippen LogP contribution in [0.4, 0.5) is 0 Å². The number of carbonyl (C=O) groups excluding carboxylic acids is 2. The Morgan fingerprint density at radius 1 is 1.31 bits per heavy atom. The van der Waals surface area contributed by atoms with E-state index >= 15 is 0 Å². The number of nitrogens with two attached hydrogens (primary N) is 2. The number of hydrogen-bond donors (Lipinski definition) is 3. The lowest BCUT2D eigenvalue weighted by Crippen LogP contribution is -2.58. The van der Waals surface area contributed by atoms with Gasteiger partial charge in [0.15, 0.2) is 5.96 Å². The maximum Gasteiger partial charge on any atom is 0.245 e. The number of benzene rings is 1. The Morgan fingerprint density at radius 2 is 2.09 bits per heavy atom. The molecule has 5 atom stereocenters. The van der Waals surface area contributed by atoms with E-state index in [4.69, 9.17) is 20.9 Å². The molecule has 2 saturated heterocycles. The van der Waals surface area contributed by atoms with Crippen molar-refractivity contribution < 1.29 is 19.1 Å². The lowest BCUT2D eigenvalue weighted by Gasteiger charge is -2.53. The maximum atomic E-state index is 13.4. The van der Waals surface area contributed by atoms with Crippen molar-refractivity contribution >= 4 is 17.8 Å². The molecular formula is C26H39N5O4. The molecule has 0 unspecified atom stereocenters. The van der Waals surface area contributed by atoms with Crippen molar-refractivity contribution in [2.45, 2.75) is 77.2 Å². The molecule has 0 spiro atoms. The summed E-state index contributed by atoms with van der Waals surface area (Å²) in [5.74, 6) is 1.09. The number of aryl methyl sites for hydroxylation is 1. The van der Waals surface area contributed by atoms with Gasteiger partial charge in [0.05, 0.1) is 12.2 Å². The number of likely N-dealkylation sites (tertiary alicyclic amines) is 1. The highest BCUT2D eigenvalue weighted by Gasteiger charge is 2.51. The zero-order valence-electron chi connectivity index (χ0n) is 21.3. The molecule has 5 N–H and O–H groups in total. The molecular weight excluding hydrogens is 446 g/mol. The second-order valence-corrected chi connectivity index (χ2v) is 10.7. The van der Waals surface area contributed by atoms with Crippen molar-refractivity contribution in [2.24, 2.45) is 28.3 Å². The summed E-state index contributed by atoms with van der Waals surface area (Å²) in [6, 6.07) is 5.76. The second kappa shape index (κ2) is 10.0. The van der Waals surface area contributed by atoms with Gasteiger partial charge in [-0.2, -0.15) is 0 Å². The minimum atomic E-state index is -0.583. The lowest BCUT2D eigenvalue weighted by molar-refractivity contribution is -0.189. The van der Waals surface area contributed by atoms with E-state index in [1.54, 1.807) is 0 Å². The molecule has 3 heterocycles. The van der Waals surface area contributed by atoms with Gasteiger partial charge in [0.2, 0.25) is 11.8 Å². The van der Waals surface area contributed by atoms with Crippen LogP contribution in [0.15, 0.2) is 23.2 Å². The topological polar surface area (TPSA) is 132 Å². The molecule has 4 rings (SSSR count). The molecule has 0 bridgehead atoms. The van der Waals surface area contributed by atoms with Gasteiger partial charge in [-0.25, -0.2) is 0 Å². The first kappa shape index (κ1) is 25.3. The Bertz CT molecular complexity index is 990. The summed E-state index contributed by atoms with van der Waals surface area (Å²) in [7, 11) is 0. The molecule has 2 fully saturated rings. The molecule has 0 radical (unpaired) electrons. The van der Waals surface area contributed by atoms with E-state index in [2.05, 4.69) is 49.3 Å².